The number of aryl methyl sites for hydroxylation is 1. The summed E-state index contributed by atoms with van der Waals surface area (Å²) < 4.78 is 4.87. The summed E-state index contributed by atoms with van der Waals surface area (Å²) in [5.74, 6) is 0.883. The molecule has 1 radical (unpaired) electrons. The van der Waals surface area contributed by atoms with Crippen molar-refractivity contribution >= 4 is 0 Å². The van der Waals surface area contributed by atoms with Crippen molar-refractivity contribution in [2.24, 2.45) is 0 Å². The van der Waals surface area contributed by atoms with Crippen molar-refractivity contribution in [3.63, 3.8) is 0 Å². The van der Waals surface area contributed by atoms with Crippen molar-refractivity contribution in [1.29, 1.82) is 0 Å². The van der Waals surface area contributed by atoms with E-state index in [0.29, 0.717) is 0 Å². The van der Waals surface area contributed by atoms with Crippen molar-refractivity contribution < 1.29 is 4.52 Å². The largest absolute Gasteiger partial charge is 0.361 e. The molecule has 0 fully saturated rings. The molecule has 0 atom stereocenters. The van der Waals surface area contributed by atoms with E-state index in [-0.39, 0.29) is 0 Å². The second-order valence-electron chi connectivity index (χ2n) is 2.35. The molecular weight excluding hydrogens is 126 g/mol. The molecule has 1 rings (SSSR count). The van der Waals surface area contributed by atoms with Gasteiger partial charge in [0.15, 0.2) is 0 Å². The zero-order chi connectivity index (χ0) is 7.23. The second kappa shape index (κ2) is 4.09. The Kier molecular flexibility index (Phi) is 3.00. The van der Waals surface area contributed by atoms with Gasteiger partial charge in [-0.3, -0.25) is 0 Å². The van der Waals surface area contributed by atoms with E-state index in [1.54, 1.807) is 6.20 Å². The van der Waals surface area contributed by atoms with Crippen LogP contribution in [0.1, 0.15) is 31.9 Å². The number of hydrogen-bond acceptors (Lipinski definition) is 2. The minimum Gasteiger partial charge on any atom is -0.361 e. The van der Waals surface area contributed by atoms with E-state index in [9.17, 15) is 0 Å². The minimum absolute atomic E-state index is 0.883. The molecule has 0 saturated heterocycles. The summed E-state index contributed by atoms with van der Waals surface area (Å²) >= 11 is 0. The van der Waals surface area contributed by atoms with Crippen LogP contribution < -0.4 is 0 Å². The predicted molar refractivity (Wildman–Crippen MR) is 38.6 cm³/mol. The van der Waals surface area contributed by atoms with E-state index in [0.717, 1.165) is 12.2 Å². The maximum Gasteiger partial charge on any atom is 0.144 e. The molecule has 2 heteroatoms. The molecule has 10 heavy (non-hydrogen) atoms. The van der Waals surface area contributed by atoms with E-state index in [1.807, 2.05) is 0 Å². The summed E-state index contributed by atoms with van der Waals surface area (Å²) in [5.41, 5.74) is 0. The summed E-state index contributed by atoms with van der Waals surface area (Å²) in [4.78, 5) is 0. The minimum atomic E-state index is 0.883. The Morgan fingerprint density at radius 1 is 1.60 bits per heavy atom. The maximum absolute atomic E-state index is 4.87. The highest BCUT2D eigenvalue weighted by atomic mass is 16.5. The summed E-state index contributed by atoms with van der Waals surface area (Å²) in [7, 11) is 0. The molecule has 0 aliphatic carbocycles. The van der Waals surface area contributed by atoms with Gasteiger partial charge < -0.3 is 4.52 Å². The highest BCUT2D eigenvalue weighted by Gasteiger charge is 1.95. The molecule has 0 N–H and O–H groups in total. The molecule has 0 amide bonds. The van der Waals surface area contributed by atoms with Gasteiger partial charge in [-0.25, -0.2) is 0 Å². The first kappa shape index (κ1) is 7.32. The van der Waals surface area contributed by atoms with Crippen LogP contribution in [0.4, 0.5) is 0 Å². The molecule has 0 aromatic carbocycles. The van der Waals surface area contributed by atoms with Crippen molar-refractivity contribution in [3.8, 4) is 0 Å². The molecular formula is C8H12NO. The van der Waals surface area contributed by atoms with Gasteiger partial charge in [0, 0.05) is 12.5 Å². The lowest BCUT2D eigenvalue weighted by atomic mass is 10.2. The van der Waals surface area contributed by atoms with Gasteiger partial charge in [0.1, 0.15) is 5.76 Å². The Morgan fingerprint density at radius 2 is 2.50 bits per heavy atom. The molecule has 55 valence electrons. The van der Waals surface area contributed by atoms with Crippen LogP contribution in [0.5, 0.6) is 0 Å². The Bertz CT molecular complexity index is 158. The van der Waals surface area contributed by atoms with Crippen molar-refractivity contribution in [2.45, 2.75) is 32.6 Å². The average Bonchev–Trinajstić information content (AvgIpc) is 2.41. The predicted octanol–water partition coefficient (Wildman–Crippen LogP) is 2.21. The molecule has 0 unspecified atom stereocenters. The topological polar surface area (TPSA) is 26.0 Å². The summed E-state index contributed by atoms with van der Waals surface area (Å²) in [6.45, 7) is 2.18. The maximum atomic E-state index is 4.87. The first-order valence-corrected chi connectivity index (χ1v) is 3.74. The Labute approximate surface area is 61.2 Å². The third-order valence-corrected chi connectivity index (χ3v) is 1.45. The Balaban J connectivity index is 2.15. The molecule has 0 spiro atoms. The van der Waals surface area contributed by atoms with Crippen LogP contribution in [-0.2, 0) is 6.42 Å². The van der Waals surface area contributed by atoms with E-state index in [1.165, 1.54) is 19.3 Å². The first-order valence-electron chi connectivity index (χ1n) is 3.74. The van der Waals surface area contributed by atoms with Crippen LogP contribution >= 0.6 is 0 Å². The molecule has 1 heterocycles. The van der Waals surface area contributed by atoms with Gasteiger partial charge in [-0.2, -0.15) is 0 Å². The zero-order valence-corrected chi connectivity index (χ0v) is 6.26. The lowest BCUT2D eigenvalue weighted by molar-refractivity contribution is 0.379. The molecule has 0 aliphatic rings. The summed E-state index contributed by atoms with van der Waals surface area (Å²) in [5, 5.41) is 3.57. The van der Waals surface area contributed by atoms with Crippen molar-refractivity contribution in [2.75, 3.05) is 0 Å². The van der Waals surface area contributed by atoms with Gasteiger partial charge in [-0.05, 0) is 6.42 Å². The molecule has 0 aliphatic heterocycles. The lowest BCUT2D eigenvalue weighted by Crippen LogP contribution is -1.80. The standard InChI is InChI=1S/C8H12NO/c1-2-3-4-5-8-6-7-9-10-8/h7H,2-5H2,1H3. The second-order valence-corrected chi connectivity index (χ2v) is 2.35. The first-order chi connectivity index (χ1) is 4.93. The van der Waals surface area contributed by atoms with Crippen LogP contribution in [0.3, 0.4) is 0 Å². The molecule has 1 aromatic rings. The van der Waals surface area contributed by atoms with Gasteiger partial charge in [0.25, 0.3) is 0 Å². The van der Waals surface area contributed by atoms with E-state index < -0.39 is 0 Å². The number of nitrogens with zero attached hydrogens (tertiary/aromatic N) is 1. The van der Waals surface area contributed by atoms with Crippen LogP contribution in [0, 0.1) is 6.07 Å². The zero-order valence-electron chi connectivity index (χ0n) is 6.26. The van der Waals surface area contributed by atoms with E-state index in [2.05, 4.69) is 18.1 Å². The van der Waals surface area contributed by atoms with Gasteiger partial charge >= 0.3 is 0 Å². The van der Waals surface area contributed by atoms with Crippen LogP contribution in [0.2, 0.25) is 0 Å². The molecule has 1 aromatic heterocycles. The number of hydrogen-bond donors (Lipinski definition) is 0. The monoisotopic (exact) mass is 138 g/mol. The smallest absolute Gasteiger partial charge is 0.144 e. The van der Waals surface area contributed by atoms with Gasteiger partial charge in [-0.15, -0.1) is 0 Å². The highest BCUT2D eigenvalue weighted by Crippen LogP contribution is 2.03. The van der Waals surface area contributed by atoms with E-state index in [4.69, 9.17) is 4.52 Å². The fourth-order valence-corrected chi connectivity index (χ4v) is 0.868. The summed E-state index contributed by atoms with van der Waals surface area (Å²) in [6, 6.07) is 2.92. The third-order valence-electron chi connectivity index (χ3n) is 1.45. The van der Waals surface area contributed by atoms with Gasteiger partial charge in [0.2, 0.25) is 0 Å². The quantitative estimate of drug-likeness (QED) is 0.596. The van der Waals surface area contributed by atoms with Gasteiger partial charge in [-0.1, -0.05) is 24.9 Å². The molecule has 0 bridgehead atoms. The van der Waals surface area contributed by atoms with Crippen LogP contribution in [-0.4, -0.2) is 5.16 Å². The van der Waals surface area contributed by atoms with E-state index >= 15 is 0 Å². The summed E-state index contributed by atoms with van der Waals surface area (Å²) in [6.07, 6.45) is 6.24. The third kappa shape index (κ3) is 2.21. The SMILES string of the molecule is CCCCCc1[c]cno1. The van der Waals surface area contributed by atoms with Crippen molar-refractivity contribution in [3.05, 3.63) is 18.0 Å². The normalized spacial score (nSPS) is 10.1. The van der Waals surface area contributed by atoms with Gasteiger partial charge in [0.05, 0.1) is 6.20 Å². The Hall–Kier alpha value is -0.790. The highest BCUT2D eigenvalue weighted by molar-refractivity contribution is 4.89. The Morgan fingerprint density at radius 3 is 3.10 bits per heavy atom. The fourth-order valence-electron chi connectivity index (χ4n) is 0.868. The number of rotatable bonds is 4. The number of aromatic nitrogens is 1. The molecule has 0 saturated carbocycles. The number of unbranched alkanes of at least 4 members (excludes halogenated alkanes) is 2. The van der Waals surface area contributed by atoms with Crippen molar-refractivity contribution in [1.82, 2.24) is 5.16 Å². The average molecular weight is 138 g/mol. The lowest BCUT2D eigenvalue weighted by Gasteiger charge is -1.91. The molecule has 2 nitrogen and oxygen atoms in total. The fraction of sp³-hybridized carbons (Fsp3) is 0.625. The van der Waals surface area contributed by atoms with Crippen LogP contribution in [0.15, 0.2) is 10.7 Å². The van der Waals surface area contributed by atoms with Crippen LogP contribution in [0.25, 0.3) is 0 Å².